The van der Waals surface area contributed by atoms with Crippen LogP contribution >= 0.6 is 11.3 Å². The number of nitrogens with zero attached hydrogens (tertiary/aromatic N) is 2. The Balaban J connectivity index is 1.72. The molecule has 21 heavy (non-hydrogen) atoms. The van der Waals surface area contributed by atoms with E-state index in [2.05, 4.69) is 15.2 Å². The van der Waals surface area contributed by atoms with Crippen LogP contribution in [0, 0.1) is 0 Å². The minimum absolute atomic E-state index is 0.0174. The zero-order valence-corrected chi connectivity index (χ0v) is 12.9. The second kappa shape index (κ2) is 5.81. The number of nitrogens with two attached hydrogens (primary N) is 1. The molecule has 1 amide bonds. The fourth-order valence-electron chi connectivity index (χ4n) is 2.65. The molecule has 116 valence electrons. The summed E-state index contributed by atoms with van der Waals surface area (Å²) >= 11 is 1.36. The van der Waals surface area contributed by atoms with Gasteiger partial charge in [0.25, 0.3) is 5.91 Å². The summed E-state index contributed by atoms with van der Waals surface area (Å²) in [5.41, 5.74) is 5.50. The van der Waals surface area contributed by atoms with Gasteiger partial charge >= 0.3 is 0 Å². The van der Waals surface area contributed by atoms with Crippen LogP contribution in [0.5, 0.6) is 0 Å². The molecule has 6 nitrogen and oxygen atoms in total. The number of hydrogen-bond donors (Lipinski definition) is 3. The molecule has 2 heterocycles. The van der Waals surface area contributed by atoms with Gasteiger partial charge in [-0.05, 0) is 25.7 Å². The van der Waals surface area contributed by atoms with Crippen LogP contribution < -0.4 is 16.0 Å². The van der Waals surface area contributed by atoms with Gasteiger partial charge in [0.05, 0.1) is 12.1 Å². The normalized spacial score (nSPS) is 20.9. The molecule has 0 bridgehead atoms. The number of amides is 1. The number of aliphatic hydroxyl groups is 1. The van der Waals surface area contributed by atoms with E-state index in [4.69, 9.17) is 5.73 Å². The van der Waals surface area contributed by atoms with Gasteiger partial charge in [0.15, 0.2) is 5.13 Å². The van der Waals surface area contributed by atoms with Gasteiger partial charge in [-0.3, -0.25) is 4.79 Å². The molecule has 1 aliphatic heterocycles. The highest BCUT2D eigenvalue weighted by Gasteiger charge is 2.44. The van der Waals surface area contributed by atoms with E-state index in [0.717, 1.165) is 43.9 Å². The Hall–Kier alpha value is -1.34. The van der Waals surface area contributed by atoms with Crippen LogP contribution in [0.1, 0.15) is 48.2 Å². The number of anilines is 2. The number of rotatable bonds is 4. The fourth-order valence-corrected chi connectivity index (χ4v) is 3.58. The number of nitrogens with one attached hydrogen (secondary N) is 1. The molecule has 1 aromatic rings. The molecule has 7 heteroatoms. The fraction of sp³-hybridized carbons (Fsp3) is 0.714. The number of nitrogen functional groups attached to an aromatic ring is 1. The average Bonchev–Trinajstić information content (AvgIpc) is 3.20. The largest absolute Gasteiger partial charge is 0.394 e. The molecule has 0 radical (unpaired) electrons. The minimum atomic E-state index is -0.420. The Morgan fingerprint density at radius 2 is 2.00 bits per heavy atom. The zero-order valence-electron chi connectivity index (χ0n) is 12.1. The molecule has 3 rings (SSSR count). The molecular weight excluding hydrogens is 288 g/mol. The summed E-state index contributed by atoms with van der Waals surface area (Å²) in [6.07, 6.45) is 6.48. The van der Waals surface area contributed by atoms with E-state index in [0.29, 0.717) is 10.7 Å². The Bertz CT molecular complexity index is 519. The first kappa shape index (κ1) is 14.6. The molecule has 0 unspecified atom stereocenters. The summed E-state index contributed by atoms with van der Waals surface area (Å²) in [4.78, 5) is 19.4. The number of carbonyl (C=O) groups is 1. The van der Waals surface area contributed by atoms with E-state index in [1.807, 2.05) is 0 Å². The molecule has 1 saturated carbocycles. The van der Waals surface area contributed by atoms with Crippen molar-refractivity contribution in [1.29, 1.82) is 0 Å². The molecule has 0 spiro atoms. The third kappa shape index (κ3) is 3.13. The highest BCUT2D eigenvalue weighted by Crippen LogP contribution is 2.36. The SMILES string of the molecule is Nc1nc(N2CCCCCC2)sc1C(=O)NC1(CO)CC1. The molecule has 1 saturated heterocycles. The van der Waals surface area contributed by atoms with Crippen molar-refractivity contribution in [2.75, 3.05) is 30.3 Å². The molecule has 4 N–H and O–H groups in total. The lowest BCUT2D eigenvalue weighted by Crippen LogP contribution is -2.39. The number of thiazole rings is 1. The van der Waals surface area contributed by atoms with Gasteiger partial charge in [-0.25, -0.2) is 4.98 Å². The maximum absolute atomic E-state index is 12.3. The first-order valence-corrected chi connectivity index (χ1v) is 8.40. The van der Waals surface area contributed by atoms with Crippen LogP contribution in [-0.2, 0) is 0 Å². The van der Waals surface area contributed by atoms with Crippen LogP contribution in [0.25, 0.3) is 0 Å². The van der Waals surface area contributed by atoms with Gasteiger partial charge in [-0.2, -0.15) is 0 Å². The van der Waals surface area contributed by atoms with Crippen molar-refractivity contribution in [2.24, 2.45) is 0 Å². The van der Waals surface area contributed by atoms with Crippen molar-refractivity contribution in [3.63, 3.8) is 0 Å². The topological polar surface area (TPSA) is 91.5 Å². The standard InChI is InChI=1S/C14H22N4O2S/c15-11-10(12(20)17-14(9-19)5-6-14)21-13(16-11)18-7-3-1-2-4-8-18/h19H,1-9,15H2,(H,17,20). The Morgan fingerprint density at radius 1 is 1.33 bits per heavy atom. The summed E-state index contributed by atoms with van der Waals surface area (Å²) in [5.74, 6) is 0.0862. The number of aromatic nitrogens is 1. The summed E-state index contributed by atoms with van der Waals surface area (Å²) < 4.78 is 0. The maximum Gasteiger partial charge on any atom is 0.265 e. The van der Waals surface area contributed by atoms with Gasteiger partial charge in [0, 0.05) is 13.1 Å². The van der Waals surface area contributed by atoms with Crippen LogP contribution in [0.15, 0.2) is 0 Å². The quantitative estimate of drug-likeness (QED) is 0.781. The van der Waals surface area contributed by atoms with Gasteiger partial charge < -0.3 is 21.1 Å². The first-order chi connectivity index (χ1) is 10.1. The lowest BCUT2D eigenvalue weighted by Gasteiger charge is -2.18. The highest BCUT2D eigenvalue weighted by molar-refractivity contribution is 7.18. The van der Waals surface area contributed by atoms with Crippen LogP contribution in [0.3, 0.4) is 0 Å². The number of aliphatic hydroxyl groups excluding tert-OH is 1. The van der Waals surface area contributed by atoms with E-state index in [1.54, 1.807) is 0 Å². The summed E-state index contributed by atoms with van der Waals surface area (Å²) in [5, 5.41) is 13.0. The molecule has 2 aliphatic rings. The third-order valence-electron chi connectivity index (χ3n) is 4.26. The summed E-state index contributed by atoms with van der Waals surface area (Å²) in [6, 6.07) is 0. The van der Waals surface area contributed by atoms with Crippen LogP contribution in [0.4, 0.5) is 10.9 Å². The monoisotopic (exact) mass is 310 g/mol. The number of hydrogen-bond acceptors (Lipinski definition) is 6. The number of carbonyl (C=O) groups excluding carboxylic acids is 1. The Kier molecular flexibility index (Phi) is 4.03. The predicted molar refractivity (Wildman–Crippen MR) is 83.7 cm³/mol. The highest BCUT2D eigenvalue weighted by atomic mass is 32.1. The molecule has 0 aromatic carbocycles. The second-order valence-corrected chi connectivity index (χ2v) is 6.98. The van der Waals surface area contributed by atoms with E-state index >= 15 is 0 Å². The zero-order chi connectivity index (χ0) is 14.9. The van der Waals surface area contributed by atoms with Crippen molar-refractivity contribution in [3.8, 4) is 0 Å². The molecule has 1 aromatic heterocycles. The summed E-state index contributed by atoms with van der Waals surface area (Å²) in [7, 11) is 0. The smallest absolute Gasteiger partial charge is 0.265 e. The van der Waals surface area contributed by atoms with Crippen LogP contribution in [-0.4, -0.2) is 41.2 Å². The van der Waals surface area contributed by atoms with Gasteiger partial charge in [-0.15, -0.1) is 0 Å². The van der Waals surface area contributed by atoms with E-state index in [1.165, 1.54) is 24.2 Å². The van der Waals surface area contributed by atoms with Crippen molar-refractivity contribution < 1.29 is 9.90 Å². The van der Waals surface area contributed by atoms with E-state index in [-0.39, 0.29) is 12.5 Å². The molecule has 0 atom stereocenters. The van der Waals surface area contributed by atoms with Gasteiger partial charge in [0.1, 0.15) is 10.7 Å². The van der Waals surface area contributed by atoms with Gasteiger partial charge in [0.2, 0.25) is 0 Å². The van der Waals surface area contributed by atoms with Crippen molar-refractivity contribution in [1.82, 2.24) is 10.3 Å². The van der Waals surface area contributed by atoms with E-state index < -0.39 is 5.54 Å². The lowest BCUT2D eigenvalue weighted by atomic mass is 10.2. The lowest BCUT2D eigenvalue weighted by molar-refractivity contribution is 0.0911. The maximum atomic E-state index is 12.3. The molecule has 1 aliphatic carbocycles. The predicted octanol–water partition coefficient (Wildman–Crippen LogP) is 1.36. The average molecular weight is 310 g/mol. The van der Waals surface area contributed by atoms with Gasteiger partial charge in [-0.1, -0.05) is 24.2 Å². The van der Waals surface area contributed by atoms with Crippen molar-refractivity contribution >= 4 is 28.2 Å². The molecule has 2 fully saturated rings. The van der Waals surface area contributed by atoms with Crippen molar-refractivity contribution in [2.45, 2.75) is 44.1 Å². The summed E-state index contributed by atoms with van der Waals surface area (Å²) in [6.45, 7) is 1.94. The third-order valence-corrected chi connectivity index (χ3v) is 5.39. The molecular formula is C14H22N4O2S. The minimum Gasteiger partial charge on any atom is -0.394 e. The first-order valence-electron chi connectivity index (χ1n) is 7.58. The van der Waals surface area contributed by atoms with Crippen molar-refractivity contribution in [3.05, 3.63) is 4.88 Å². The van der Waals surface area contributed by atoms with E-state index in [9.17, 15) is 9.90 Å². The Morgan fingerprint density at radius 3 is 2.57 bits per heavy atom. The Labute approximate surface area is 128 Å². The van der Waals surface area contributed by atoms with Crippen LogP contribution in [0.2, 0.25) is 0 Å². The second-order valence-electron chi connectivity index (χ2n) is 6.00.